The zero-order chi connectivity index (χ0) is 33.3. The lowest BCUT2D eigenvalue weighted by Crippen LogP contribution is -1.98. The van der Waals surface area contributed by atoms with Crippen LogP contribution in [0.5, 0.6) is 0 Å². The number of benzene rings is 3. The molecule has 8 heteroatoms. The fourth-order valence-electron chi connectivity index (χ4n) is 6.05. The van der Waals surface area contributed by atoms with Gasteiger partial charge in [0.25, 0.3) is 0 Å². The number of pyridine rings is 4. The first-order chi connectivity index (χ1) is 24.8. The fourth-order valence-corrected chi connectivity index (χ4v) is 6.05. The maximum atomic E-state index is 5.07. The summed E-state index contributed by atoms with van der Waals surface area (Å²) in [5.74, 6) is 0. The van der Waals surface area contributed by atoms with Crippen LogP contribution in [0.15, 0.2) is 158 Å². The van der Waals surface area contributed by atoms with Crippen LogP contribution in [-0.4, -0.2) is 39.9 Å². The average Bonchev–Trinajstić information content (AvgIpc) is 3.21. The van der Waals surface area contributed by atoms with Gasteiger partial charge in [-0.1, -0.05) is 60.7 Å². The van der Waals surface area contributed by atoms with E-state index in [0.717, 1.165) is 67.1 Å². The largest absolute Gasteiger partial charge is 0.255 e. The van der Waals surface area contributed by atoms with Crippen LogP contribution in [0.1, 0.15) is 0 Å². The molecule has 0 N–H and O–H groups in total. The van der Waals surface area contributed by atoms with Gasteiger partial charge in [0.05, 0.1) is 44.8 Å². The van der Waals surface area contributed by atoms with Crippen molar-refractivity contribution < 1.29 is 0 Å². The minimum Gasteiger partial charge on any atom is -0.255 e. The molecule has 0 aliphatic carbocycles. The van der Waals surface area contributed by atoms with Crippen LogP contribution in [0.25, 0.3) is 89.9 Å². The molecule has 0 saturated heterocycles. The molecular formula is C42H26N8. The number of hydrogen-bond donors (Lipinski definition) is 0. The zero-order valence-electron chi connectivity index (χ0n) is 26.6. The van der Waals surface area contributed by atoms with Gasteiger partial charge in [-0.3, -0.25) is 19.9 Å². The molecule has 0 aliphatic heterocycles. The van der Waals surface area contributed by atoms with Gasteiger partial charge in [-0.05, 0) is 95.1 Å². The summed E-state index contributed by atoms with van der Waals surface area (Å²) in [6.45, 7) is 0. The minimum absolute atomic E-state index is 0.696. The Kier molecular flexibility index (Phi) is 7.29. The van der Waals surface area contributed by atoms with Crippen molar-refractivity contribution in [1.29, 1.82) is 0 Å². The third kappa shape index (κ3) is 5.50. The van der Waals surface area contributed by atoms with Crippen LogP contribution in [0.3, 0.4) is 0 Å². The molecule has 8 nitrogen and oxygen atoms in total. The van der Waals surface area contributed by atoms with Gasteiger partial charge >= 0.3 is 0 Å². The van der Waals surface area contributed by atoms with Crippen molar-refractivity contribution in [2.45, 2.75) is 0 Å². The lowest BCUT2D eigenvalue weighted by atomic mass is 9.99. The van der Waals surface area contributed by atoms with E-state index in [2.05, 4.69) is 68.5 Å². The highest BCUT2D eigenvalue weighted by Gasteiger charge is 2.17. The van der Waals surface area contributed by atoms with E-state index in [1.165, 1.54) is 0 Å². The smallest absolute Gasteiger partial charge is 0.117 e. The van der Waals surface area contributed by atoms with Crippen LogP contribution in [0, 0.1) is 0 Å². The molecule has 0 amide bonds. The minimum atomic E-state index is 0.696. The second kappa shape index (κ2) is 12.5. The Morgan fingerprint density at radius 1 is 0.260 bits per heavy atom. The van der Waals surface area contributed by atoms with Crippen molar-refractivity contribution >= 4 is 22.1 Å². The van der Waals surface area contributed by atoms with Crippen LogP contribution in [-0.2, 0) is 0 Å². The van der Waals surface area contributed by atoms with E-state index >= 15 is 0 Å². The first kappa shape index (κ1) is 29.1. The van der Waals surface area contributed by atoms with Crippen molar-refractivity contribution in [2.75, 3.05) is 0 Å². The summed E-state index contributed by atoms with van der Waals surface area (Å²) in [5, 5.41) is 0. The molecule has 0 aliphatic rings. The van der Waals surface area contributed by atoms with Crippen LogP contribution < -0.4 is 0 Å². The second-order valence-corrected chi connectivity index (χ2v) is 11.7. The molecule has 0 radical (unpaired) electrons. The average molecular weight is 643 g/mol. The normalized spacial score (nSPS) is 11.2. The van der Waals surface area contributed by atoms with Crippen molar-refractivity contribution in [1.82, 2.24) is 39.9 Å². The SMILES string of the molecule is c1ccc(-c2nc3ccc(-c4ccc(-c5ccc6nc(-c7ccccn7)c(-c7ccccn7)nc6c5)cc4)cc3nc2-c2ccccn2)nc1. The Bertz CT molecular complexity index is 2430. The van der Waals surface area contributed by atoms with Crippen LogP contribution in [0.4, 0.5) is 0 Å². The van der Waals surface area contributed by atoms with Gasteiger partial charge in [-0.2, -0.15) is 0 Å². The van der Waals surface area contributed by atoms with E-state index in [9.17, 15) is 0 Å². The lowest BCUT2D eigenvalue weighted by molar-refractivity contribution is 1.21. The van der Waals surface area contributed by atoms with E-state index in [1.807, 2.05) is 84.9 Å². The highest BCUT2D eigenvalue weighted by molar-refractivity contribution is 5.89. The Balaban J connectivity index is 1.07. The Hall–Kier alpha value is -7.06. The predicted molar refractivity (Wildman–Crippen MR) is 196 cm³/mol. The van der Waals surface area contributed by atoms with E-state index in [0.29, 0.717) is 22.8 Å². The van der Waals surface area contributed by atoms with Gasteiger partial charge in [-0.15, -0.1) is 0 Å². The highest BCUT2D eigenvalue weighted by Crippen LogP contribution is 2.33. The number of hydrogen-bond acceptors (Lipinski definition) is 8. The summed E-state index contributed by atoms with van der Waals surface area (Å²) >= 11 is 0. The molecule has 9 aromatic rings. The Morgan fingerprint density at radius 2 is 0.560 bits per heavy atom. The van der Waals surface area contributed by atoms with Crippen molar-refractivity contribution in [3.63, 3.8) is 0 Å². The van der Waals surface area contributed by atoms with Gasteiger partial charge in [0.1, 0.15) is 22.8 Å². The summed E-state index contributed by atoms with van der Waals surface area (Å²) in [6, 6.07) is 44.0. The van der Waals surface area contributed by atoms with Gasteiger partial charge in [-0.25, -0.2) is 19.9 Å². The molecular weight excluding hydrogens is 617 g/mol. The summed E-state index contributed by atoms with van der Waals surface area (Å²) < 4.78 is 0. The van der Waals surface area contributed by atoms with Crippen LogP contribution >= 0.6 is 0 Å². The molecule has 50 heavy (non-hydrogen) atoms. The van der Waals surface area contributed by atoms with E-state index in [-0.39, 0.29) is 0 Å². The van der Waals surface area contributed by atoms with E-state index in [1.54, 1.807) is 24.8 Å². The van der Waals surface area contributed by atoms with Gasteiger partial charge in [0.2, 0.25) is 0 Å². The predicted octanol–water partition coefficient (Wildman–Crippen LogP) is 9.15. The molecule has 0 bridgehead atoms. The topological polar surface area (TPSA) is 103 Å². The van der Waals surface area contributed by atoms with Crippen LogP contribution in [0.2, 0.25) is 0 Å². The highest BCUT2D eigenvalue weighted by atomic mass is 14.9. The van der Waals surface area contributed by atoms with Gasteiger partial charge in [0, 0.05) is 24.8 Å². The molecule has 6 heterocycles. The Morgan fingerprint density at radius 3 is 0.860 bits per heavy atom. The fraction of sp³-hybridized carbons (Fsp3) is 0. The van der Waals surface area contributed by atoms with E-state index in [4.69, 9.17) is 19.9 Å². The number of nitrogens with zero attached hydrogens (tertiary/aromatic N) is 8. The first-order valence-electron chi connectivity index (χ1n) is 16.2. The van der Waals surface area contributed by atoms with Gasteiger partial charge in [0.15, 0.2) is 0 Å². The maximum absolute atomic E-state index is 5.07. The third-order valence-electron chi connectivity index (χ3n) is 8.51. The van der Waals surface area contributed by atoms with Crippen molar-refractivity contribution in [2.24, 2.45) is 0 Å². The summed E-state index contributed by atoms with van der Waals surface area (Å²) in [6.07, 6.45) is 7.06. The molecule has 3 aromatic carbocycles. The number of rotatable bonds is 6. The molecule has 0 saturated carbocycles. The molecule has 6 aromatic heterocycles. The maximum Gasteiger partial charge on any atom is 0.117 e. The molecule has 9 rings (SSSR count). The lowest BCUT2D eigenvalue weighted by Gasteiger charge is -2.11. The second-order valence-electron chi connectivity index (χ2n) is 11.7. The molecule has 234 valence electrons. The summed E-state index contributed by atoms with van der Waals surface area (Å²) in [5.41, 5.74) is 13.2. The van der Waals surface area contributed by atoms with E-state index < -0.39 is 0 Å². The Labute approximate surface area is 287 Å². The first-order valence-corrected chi connectivity index (χ1v) is 16.2. The number of fused-ring (bicyclic) bond motifs is 2. The van der Waals surface area contributed by atoms with Gasteiger partial charge < -0.3 is 0 Å². The number of aromatic nitrogens is 8. The molecule has 0 fully saturated rings. The van der Waals surface area contributed by atoms with Crippen molar-refractivity contribution in [3.05, 3.63) is 158 Å². The zero-order valence-corrected chi connectivity index (χ0v) is 26.6. The van der Waals surface area contributed by atoms with Crippen molar-refractivity contribution in [3.8, 4) is 67.8 Å². The third-order valence-corrected chi connectivity index (χ3v) is 8.51. The summed E-state index contributed by atoms with van der Waals surface area (Å²) in [4.78, 5) is 38.4. The molecule has 0 atom stereocenters. The summed E-state index contributed by atoms with van der Waals surface area (Å²) in [7, 11) is 0. The molecule has 0 spiro atoms. The monoisotopic (exact) mass is 642 g/mol. The quantitative estimate of drug-likeness (QED) is 0.177. The molecule has 0 unspecified atom stereocenters. The standard InChI is InChI=1S/C42H26N8/c1-5-21-43-33(9-1)39-41(35-11-3-7-23-45-35)49-37-25-29(17-19-31(37)47-39)27-13-15-28(16-14-27)30-18-20-32-38(26-30)50-42(36-12-4-8-24-46-36)40(48-32)34-10-2-6-22-44-34/h1-26H.